The summed E-state index contributed by atoms with van der Waals surface area (Å²) in [4.78, 5) is 4.94. The molecule has 0 unspecified atom stereocenters. The van der Waals surface area contributed by atoms with Crippen LogP contribution in [0.5, 0.6) is 0 Å². The molecule has 2 aromatic rings. The average molecular weight is 550 g/mol. The van der Waals surface area contributed by atoms with Crippen molar-refractivity contribution in [2.75, 3.05) is 14.1 Å². The number of rotatable bonds is 13. The quantitative estimate of drug-likeness (QED) is 0.156. The first-order valence-corrected chi connectivity index (χ1v) is 22.7. The number of unbranched alkanes of at least 4 members (excludes halogenated alkanes) is 6. The zero-order valence-electron chi connectivity index (χ0n) is 24.3. The SMILES string of the molecule is CCCCCCc1c([Si](C)(C)C)sc2c1C(O)(N(C)C)c1c-2sc([Si](C)(C)C)c1CCCCCC. The molecule has 0 atom stereocenters. The van der Waals surface area contributed by atoms with Crippen LogP contribution in [0.25, 0.3) is 9.75 Å². The second-order valence-electron chi connectivity index (χ2n) is 12.9. The molecule has 198 valence electrons. The minimum absolute atomic E-state index is 0.992. The summed E-state index contributed by atoms with van der Waals surface area (Å²) < 4.78 is 3.25. The van der Waals surface area contributed by atoms with Crippen LogP contribution in [0, 0.1) is 0 Å². The number of thiophene rings is 2. The molecule has 0 amide bonds. The molecule has 2 heterocycles. The van der Waals surface area contributed by atoms with Gasteiger partial charge in [0.15, 0.2) is 5.72 Å². The normalized spacial score (nSPS) is 15.2. The van der Waals surface area contributed by atoms with Crippen molar-refractivity contribution in [1.82, 2.24) is 4.90 Å². The summed E-state index contributed by atoms with van der Waals surface area (Å²) in [6.45, 7) is 19.5. The Kier molecular flexibility index (Phi) is 9.42. The van der Waals surface area contributed by atoms with Gasteiger partial charge in [-0.05, 0) is 59.9 Å². The molecule has 1 N–H and O–H groups in total. The van der Waals surface area contributed by atoms with Crippen LogP contribution in [0.3, 0.4) is 0 Å². The largest absolute Gasteiger partial charge is 0.367 e. The number of aliphatic hydroxyl groups is 1. The van der Waals surface area contributed by atoms with Crippen molar-refractivity contribution in [3.8, 4) is 9.75 Å². The van der Waals surface area contributed by atoms with Crippen molar-refractivity contribution in [2.24, 2.45) is 0 Å². The van der Waals surface area contributed by atoms with Crippen LogP contribution in [0.1, 0.15) is 87.5 Å². The fourth-order valence-electron chi connectivity index (χ4n) is 5.71. The second kappa shape index (κ2) is 11.2. The van der Waals surface area contributed by atoms with E-state index in [1.807, 2.05) is 22.7 Å². The Bertz CT molecular complexity index is 933. The topological polar surface area (TPSA) is 23.5 Å². The van der Waals surface area contributed by atoms with Gasteiger partial charge in [-0.15, -0.1) is 22.7 Å². The molecule has 0 saturated heterocycles. The van der Waals surface area contributed by atoms with Crippen molar-refractivity contribution < 1.29 is 5.11 Å². The highest BCUT2D eigenvalue weighted by atomic mass is 32.1. The number of hydrogen-bond acceptors (Lipinski definition) is 4. The van der Waals surface area contributed by atoms with Crippen LogP contribution in [-0.2, 0) is 18.6 Å². The van der Waals surface area contributed by atoms with Crippen molar-refractivity contribution in [2.45, 2.75) is 123 Å². The first kappa shape index (κ1) is 29.3. The van der Waals surface area contributed by atoms with E-state index in [9.17, 15) is 5.11 Å². The molecule has 0 radical (unpaired) electrons. The lowest BCUT2D eigenvalue weighted by Crippen LogP contribution is -2.45. The molecule has 2 nitrogen and oxygen atoms in total. The van der Waals surface area contributed by atoms with Crippen LogP contribution in [0.2, 0.25) is 39.3 Å². The maximum atomic E-state index is 12.8. The maximum Gasteiger partial charge on any atom is 0.174 e. The van der Waals surface area contributed by atoms with Gasteiger partial charge in [-0.1, -0.05) is 91.7 Å². The van der Waals surface area contributed by atoms with E-state index >= 15 is 0 Å². The summed E-state index contributed by atoms with van der Waals surface area (Å²) in [5, 5.41) is 12.8. The lowest BCUT2D eigenvalue weighted by molar-refractivity contribution is -0.0476. The molecule has 1 aliphatic rings. The predicted molar refractivity (Wildman–Crippen MR) is 166 cm³/mol. The predicted octanol–water partition coefficient (Wildman–Crippen LogP) is 7.88. The van der Waals surface area contributed by atoms with E-state index in [-0.39, 0.29) is 0 Å². The zero-order chi connectivity index (χ0) is 26.2. The van der Waals surface area contributed by atoms with Gasteiger partial charge in [-0.3, -0.25) is 4.90 Å². The van der Waals surface area contributed by atoms with Gasteiger partial charge >= 0.3 is 0 Å². The molecule has 1 aliphatic carbocycles. The molecule has 0 aromatic carbocycles. The van der Waals surface area contributed by atoms with E-state index in [0.717, 1.165) is 12.8 Å². The highest BCUT2D eigenvalue weighted by molar-refractivity contribution is 7.34. The summed E-state index contributed by atoms with van der Waals surface area (Å²) in [6.07, 6.45) is 12.4. The Balaban J connectivity index is 2.23. The molecular formula is C29H51NOS2Si2. The van der Waals surface area contributed by atoms with Crippen molar-refractivity contribution in [3.63, 3.8) is 0 Å². The Morgan fingerprint density at radius 3 is 1.31 bits per heavy atom. The van der Waals surface area contributed by atoms with Gasteiger partial charge < -0.3 is 5.11 Å². The Morgan fingerprint density at radius 1 is 0.657 bits per heavy atom. The molecule has 0 aliphatic heterocycles. The number of fused-ring (bicyclic) bond motifs is 3. The van der Waals surface area contributed by atoms with Crippen LogP contribution in [0.15, 0.2) is 0 Å². The van der Waals surface area contributed by atoms with E-state index in [4.69, 9.17) is 0 Å². The molecule has 0 bridgehead atoms. The van der Waals surface area contributed by atoms with Crippen LogP contribution >= 0.6 is 22.7 Å². The van der Waals surface area contributed by atoms with E-state index in [1.54, 1.807) is 9.00 Å². The highest BCUT2D eigenvalue weighted by Crippen LogP contribution is 2.56. The van der Waals surface area contributed by atoms with E-state index in [2.05, 4.69) is 72.1 Å². The van der Waals surface area contributed by atoms with Crippen LogP contribution < -0.4 is 9.00 Å². The van der Waals surface area contributed by atoms with Gasteiger partial charge in [-0.25, -0.2) is 0 Å². The highest BCUT2D eigenvalue weighted by Gasteiger charge is 2.52. The zero-order valence-corrected chi connectivity index (χ0v) is 27.9. The van der Waals surface area contributed by atoms with Gasteiger partial charge in [0, 0.05) is 11.1 Å². The summed E-state index contributed by atoms with van der Waals surface area (Å²) in [5.74, 6) is 0. The van der Waals surface area contributed by atoms with Gasteiger partial charge in [-0.2, -0.15) is 0 Å². The monoisotopic (exact) mass is 549 g/mol. The van der Waals surface area contributed by atoms with Crippen LogP contribution in [0.4, 0.5) is 0 Å². The summed E-state index contributed by atoms with van der Waals surface area (Å²) in [5.41, 5.74) is 4.55. The molecule has 35 heavy (non-hydrogen) atoms. The maximum absolute atomic E-state index is 12.8. The number of hydrogen-bond donors (Lipinski definition) is 1. The minimum Gasteiger partial charge on any atom is -0.367 e. The fourth-order valence-corrected chi connectivity index (χ4v) is 13.5. The Labute approximate surface area is 226 Å². The lowest BCUT2D eigenvalue weighted by atomic mass is 9.92. The van der Waals surface area contributed by atoms with Gasteiger partial charge in [0.25, 0.3) is 0 Å². The third kappa shape index (κ3) is 5.63. The van der Waals surface area contributed by atoms with Gasteiger partial charge in [0.2, 0.25) is 0 Å². The van der Waals surface area contributed by atoms with Gasteiger partial charge in [0.05, 0.1) is 25.9 Å². The molecule has 2 aromatic heterocycles. The van der Waals surface area contributed by atoms with E-state index in [1.165, 1.54) is 83.4 Å². The Morgan fingerprint density at radius 2 is 1.03 bits per heavy atom. The standard InChI is InChI=1S/C29H51NOS2Si2/c1-11-13-15-17-19-21-23-25(32-27(21)34(5,6)7)26-24(29(23,31)30(3)4)22(20-18-16-14-12-2)28(33-26)35(8,9)10/h31H,11-20H2,1-10H3. The molecule has 0 saturated carbocycles. The fraction of sp³-hybridized carbons (Fsp3) is 0.724. The molecule has 6 heteroatoms. The third-order valence-electron chi connectivity index (χ3n) is 7.49. The number of nitrogens with zero attached hydrogens (tertiary/aromatic N) is 1. The smallest absolute Gasteiger partial charge is 0.174 e. The lowest BCUT2D eigenvalue weighted by Gasteiger charge is -2.35. The van der Waals surface area contributed by atoms with E-state index < -0.39 is 21.9 Å². The summed E-state index contributed by atoms with van der Waals surface area (Å²) in [6, 6.07) is 0. The molecule has 3 rings (SSSR count). The second-order valence-corrected chi connectivity index (χ2v) is 25.7. The Hall–Kier alpha value is -0.246. The van der Waals surface area contributed by atoms with Gasteiger partial charge in [0.1, 0.15) is 0 Å². The van der Waals surface area contributed by atoms with E-state index in [0.29, 0.717) is 0 Å². The molecule has 0 spiro atoms. The first-order valence-electron chi connectivity index (χ1n) is 14.0. The summed E-state index contributed by atoms with van der Waals surface area (Å²) in [7, 11) is 1.13. The minimum atomic E-state index is -1.53. The third-order valence-corrected chi connectivity index (χ3v) is 17.4. The van der Waals surface area contributed by atoms with Crippen molar-refractivity contribution >= 4 is 47.8 Å². The van der Waals surface area contributed by atoms with Crippen LogP contribution in [-0.4, -0.2) is 40.2 Å². The van der Waals surface area contributed by atoms with Crippen molar-refractivity contribution in [1.29, 1.82) is 0 Å². The average Bonchev–Trinajstić information content (AvgIpc) is 3.38. The molecular weight excluding hydrogens is 499 g/mol. The van der Waals surface area contributed by atoms with Crippen molar-refractivity contribution in [3.05, 3.63) is 22.3 Å². The first-order chi connectivity index (χ1) is 16.3. The summed E-state index contributed by atoms with van der Waals surface area (Å²) >= 11 is 4.09. The molecule has 0 fully saturated rings.